The third-order valence-electron chi connectivity index (χ3n) is 4.06. The van der Waals surface area contributed by atoms with Crippen molar-refractivity contribution < 1.29 is 14.3 Å². The first-order chi connectivity index (χ1) is 13.6. The summed E-state index contributed by atoms with van der Waals surface area (Å²) in [6, 6.07) is 18.6. The molecule has 0 saturated carbocycles. The number of aryl methyl sites for hydroxylation is 1. The SMILES string of the molecule is COc1ccc(OCCNc2ccnc(C(=O)Nc3ccc(C)cc3)c2)cc1. The highest BCUT2D eigenvalue weighted by molar-refractivity contribution is 6.03. The highest BCUT2D eigenvalue weighted by Gasteiger charge is 2.08. The molecule has 0 bridgehead atoms. The summed E-state index contributed by atoms with van der Waals surface area (Å²) in [6.07, 6.45) is 1.61. The standard InChI is InChI=1S/C22H23N3O3/c1-16-3-5-17(6-4-16)25-22(26)21-15-18(11-12-24-21)23-13-14-28-20-9-7-19(27-2)8-10-20/h3-12,15H,13-14H2,1-2H3,(H,23,24)(H,25,26). The number of methoxy groups -OCH3 is 1. The van der Waals surface area contributed by atoms with Crippen molar-refractivity contribution in [1.82, 2.24) is 4.98 Å². The van der Waals surface area contributed by atoms with Crippen LogP contribution in [0.15, 0.2) is 66.9 Å². The number of hydrogen-bond acceptors (Lipinski definition) is 5. The molecule has 0 unspecified atom stereocenters. The van der Waals surface area contributed by atoms with Crippen molar-refractivity contribution in [3.63, 3.8) is 0 Å². The van der Waals surface area contributed by atoms with E-state index in [-0.39, 0.29) is 5.91 Å². The number of aromatic nitrogens is 1. The Morgan fingerprint density at radius 3 is 2.39 bits per heavy atom. The number of pyridine rings is 1. The first kappa shape index (κ1) is 19.2. The molecule has 6 heteroatoms. The molecule has 3 aromatic rings. The number of benzene rings is 2. The Bertz CT molecular complexity index is 909. The summed E-state index contributed by atoms with van der Waals surface area (Å²) in [5, 5.41) is 6.08. The molecule has 2 aromatic carbocycles. The third-order valence-corrected chi connectivity index (χ3v) is 4.06. The molecule has 1 heterocycles. The van der Waals surface area contributed by atoms with Gasteiger partial charge >= 0.3 is 0 Å². The average molecular weight is 377 g/mol. The smallest absolute Gasteiger partial charge is 0.274 e. The lowest BCUT2D eigenvalue weighted by Gasteiger charge is -2.10. The molecule has 3 rings (SSSR count). The van der Waals surface area contributed by atoms with E-state index in [1.807, 2.05) is 61.5 Å². The first-order valence-electron chi connectivity index (χ1n) is 8.99. The minimum absolute atomic E-state index is 0.248. The summed E-state index contributed by atoms with van der Waals surface area (Å²) in [6.45, 7) is 3.08. The number of ether oxygens (including phenoxy) is 2. The predicted molar refractivity (Wildman–Crippen MR) is 110 cm³/mol. The normalized spacial score (nSPS) is 10.2. The number of nitrogens with one attached hydrogen (secondary N) is 2. The van der Waals surface area contributed by atoms with E-state index < -0.39 is 0 Å². The van der Waals surface area contributed by atoms with Crippen LogP contribution in [0.5, 0.6) is 11.5 Å². The second-order valence-corrected chi connectivity index (χ2v) is 6.20. The lowest BCUT2D eigenvalue weighted by atomic mass is 10.2. The van der Waals surface area contributed by atoms with Gasteiger partial charge in [0, 0.05) is 24.1 Å². The molecule has 0 spiro atoms. The second-order valence-electron chi connectivity index (χ2n) is 6.20. The molecule has 0 atom stereocenters. The highest BCUT2D eigenvalue weighted by atomic mass is 16.5. The van der Waals surface area contributed by atoms with E-state index in [1.54, 1.807) is 19.4 Å². The number of nitrogens with zero attached hydrogens (tertiary/aromatic N) is 1. The molecule has 2 N–H and O–H groups in total. The zero-order chi connectivity index (χ0) is 19.8. The van der Waals surface area contributed by atoms with Gasteiger partial charge < -0.3 is 20.1 Å². The van der Waals surface area contributed by atoms with Crippen molar-refractivity contribution >= 4 is 17.3 Å². The second kappa shape index (κ2) is 9.41. The molecular weight excluding hydrogens is 354 g/mol. The molecule has 0 saturated heterocycles. The van der Waals surface area contributed by atoms with Gasteiger partial charge in [0.1, 0.15) is 23.8 Å². The van der Waals surface area contributed by atoms with Crippen molar-refractivity contribution in [2.24, 2.45) is 0 Å². The Kier molecular flexibility index (Phi) is 6.46. The minimum atomic E-state index is -0.248. The van der Waals surface area contributed by atoms with Crippen molar-refractivity contribution in [3.8, 4) is 11.5 Å². The summed E-state index contributed by atoms with van der Waals surface area (Å²) >= 11 is 0. The molecule has 144 valence electrons. The Hall–Kier alpha value is -3.54. The molecule has 0 aliphatic rings. The zero-order valence-corrected chi connectivity index (χ0v) is 15.9. The summed E-state index contributed by atoms with van der Waals surface area (Å²) in [7, 11) is 1.63. The quantitative estimate of drug-likeness (QED) is 0.577. The minimum Gasteiger partial charge on any atom is -0.497 e. The topological polar surface area (TPSA) is 72.5 Å². The van der Waals surface area contributed by atoms with Gasteiger partial charge in [-0.3, -0.25) is 9.78 Å². The van der Waals surface area contributed by atoms with Gasteiger partial charge in [0.15, 0.2) is 0 Å². The average Bonchev–Trinajstić information content (AvgIpc) is 2.73. The molecule has 1 amide bonds. The Labute approximate surface area is 164 Å². The number of amides is 1. The molecule has 0 fully saturated rings. The van der Waals surface area contributed by atoms with Crippen LogP contribution >= 0.6 is 0 Å². The summed E-state index contributed by atoms with van der Waals surface area (Å²) in [5.41, 5.74) is 3.03. The summed E-state index contributed by atoms with van der Waals surface area (Å²) in [5.74, 6) is 1.32. The third kappa shape index (κ3) is 5.48. The Morgan fingerprint density at radius 2 is 1.68 bits per heavy atom. The van der Waals surface area contributed by atoms with E-state index in [4.69, 9.17) is 9.47 Å². The van der Waals surface area contributed by atoms with Crippen molar-refractivity contribution in [1.29, 1.82) is 0 Å². The number of carbonyl (C=O) groups excluding carboxylic acids is 1. The molecular formula is C22H23N3O3. The zero-order valence-electron chi connectivity index (χ0n) is 15.9. The monoisotopic (exact) mass is 377 g/mol. The van der Waals surface area contributed by atoms with Gasteiger partial charge in [-0.1, -0.05) is 17.7 Å². The van der Waals surface area contributed by atoms with Crippen LogP contribution in [-0.4, -0.2) is 31.2 Å². The van der Waals surface area contributed by atoms with E-state index in [1.165, 1.54) is 0 Å². The lowest BCUT2D eigenvalue weighted by Crippen LogP contribution is -2.15. The molecule has 6 nitrogen and oxygen atoms in total. The highest BCUT2D eigenvalue weighted by Crippen LogP contribution is 2.17. The largest absolute Gasteiger partial charge is 0.497 e. The first-order valence-corrected chi connectivity index (χ1v) is 8.99. The summed E-state index contributed by atoms with van der Waals surface area (Å²) in [4.78, 5) is 16.5. The van der Waals surface area contributed by atoms with Gasteiger partial charge in [-0.05, 0) is 55.5 Å². The molecule has 1 aromatic heterocycles. The van der Waals surface area contributed by atoms with Gasteiger partial charge in [0.05, 0.1) is 7.11 Å². The van der Waals surface area contributed by atoms with E-state index in [2.05, 4.69) is 15.6 Å². The van der Waals surface area contributed by atoms with Gasteiger partial charge in [-0.2, -0.15) is 0 Å². The number of anilines is 2. The number of carbonyl (C=O) groups is 1. The van der Waals surface area contributed by atoms with Crippen molar-refractivity contribution in [2.75, 3.05) is 30.9 Å². The molecule has 0 radical (unpaired) electrons. The van der Waals surface area contributed by atoms with Crippen LogP contribution in [0.1, 0.15) is 16.1 Å². The number of hydrogen-bond donors (Lipinski definition) is 2. The Balaban J connectivity index is 1.49. The van der Waals surface area contributed by atoms with E-state index in [0.29, 0.717) is 18.8 Å². The summed E-state index contributed by atoms with van der Waals surface area (Å²) < 4.78 is 10.8. The van der Waals surface area contributed by atoms with Crippen molar-refractivity contribution in [2.45, 2.75) is 6.92 Å². The van der Waals surface area contributed by atoms with Crippen LogP contribution in [0.25, 0.3) is 0 Å². The van der Waals surface area contributed by atoms with Crippen LogP contribution in [0.3, 0.4) is 0 Å². The lowest BCUT2D eigenvalue weighted by molar-refractivity contribution is 0.102. The van der Waals surface area contributed by atoms with Crippen LogP contribution in [0.2, 0.25) is 0 Å². The fraction of sp³-hybridized carbons (Fsp3) is 0.182. The van der Waals surface area contributed by atoms with E-state index >= 15 is 0 Å². The van der Waals surface area contributed by atoms with Crippen LogP contribution in [0, 0.1) is 6.92 Å². The maximum atomic E-state index is 12.4. The van der Waals surface area contributed by atoms with Crippen LogP contribution in [-0.2, 0) is 0 Å². The van der Waals surface area contributed by atoms with Gasteiger partial charge in [-0.25, -0.2) is 0 Å². The maximum Gasteiger partial charge on any atom is 0.274 e. The fourth-order valence-corrected chi connectivity index (χ4v) is 2.53. The molecule has 0 aliphatic carbocycles. The van der Waals surface area contributed by atoms with Crippen LogP contribution in [0.4, 0.5) is 11.4 Å². The molecule has 28 heavy (non-hydrogen) atoms. The number of rotatable bonds is 8. The maximum absolute atomic E-state index is 12.4. The van der Waals surface area contributed by atoms with Gasteiger partial charge in [0.2, 0.25) is 0 Å². The van der Waals surface area contributed by atoms with Gasteiger partial charge in [-0.15, -0.1) is 0 Å². The van der Waals surface area contributed by atoms with Crippen molar-refractivity contribution in [3.05, 3.63) is 78.1 Å². The van der Waals surface area contributed by atoms with E-state index in [9.17, 15) is 4.79 Å². The molecule has 0 aliphatic heterocycles. The van der Waals surface area contributed by atoms with Crippen LogP contribution < -0.4 is 20.1 Å². The van der Waals surface area contributed by atoms with E-state index in [0.717, 1.165) is 28.4 Å². The van der Waals surface area contributed by atoms with Gasteiger partial charge in [0.25, 0.3) is 5.91 Å². The fourth-order valence-electron chi connectivity index (χ4n) is 2.53. The predicted octanol–water partition coefficient (Wildman–Crippen LogP) is 4.14. The Morgan fingerprint density at radius 1 is 0.964 bits per heavy atom.